The lowest BCUT2D eigenvalue weighted by Gasteiger charge is -2.26. The van der Waals surface area contributed by atoms with E-state index in [2.05, 4.69) is 5.32 Å². The molecular formula is C13H18N2O4. The first-order valence-electron chi connectivity index (χ1n) is 6.51. The van der Waals surface area contributed by atoms with Crippen molar-refractivity contribution in [3.05, 3.63) is 20.4 Å². The first kappa shape index (κ1) is 13.6. The summed E-state index contributed by atoms with van der Waals surface area (Å²) in [6.07, 6.45) is 1.98. The molecule has 0 bridgehead atoms. The Morgan fingerprint density at radius 1 is 1.21 bits per heavy atom. The Hall–Kier alpha value is -1.85. The van der Waals surface area contributed by atoms with Crippen LogP contribution in [0.3, 0.4) is 0 Å². The maximum atomic E-state index is 11.6. The van der Waals surface area contributed by atoms with Crippen LogP contribution in [0.5, 0.6) is 0 Å². The molecule has 0 saturated carbocycles. The number of carbonyl (C=O) groups is 1. The van der Waals surface area contributed by atoms with E-state index >= 15 is 0 Å². The third-order valence-electron chi connectivity index (χ3n) is 3.54. The van der Waals surface area contributed by atoms with Gasteiger partial charge in [0.15, 0.2) is 0 Å². The highest BCUT2D eigenvalue weighted by molar-refractivity contribution is 5.83. The first-order valence-corrected chi connectivity index (χ1v) is 6.51. The highest BCUT2D eigenvalue weighted by Crippen LogP contribution is 2.25. The molecule has 1 aliphatic rings. The van der Waals surface area contributed by atoms with Gasteiger partial charge in [-0.25, -0.2) is 4.79 Å². The molecule has 2 rings (SSSR count). The number of nitrogens with zero attached hydrogens (tertiary/aromatic N) is 1. The Bertz CT molecular complexity index is 551. The number of nitrogens with one attached hydrogen (secondary N) is 1. The van der Waals surface area contributed by atoms with Crippen LogP contribution in [0.4, 0.5) is 11.4 Å². The van der Waals surface area contributed by atoms with Crippen LogP contribution in [0.1, 0.15) is 26.7 Å². The smallest absolute Gasteiger partial charge is 0.326 e. The topological polar surface area (TPSA) is 86.7 Å². The van der Waals surface area contributed by atoms with E-state index in [1.807, 2.05) is 4.90 Å². The molecule has 1 aromatic carbocycles. The molecule has 6 heteroatoms. The van der Waals surface area contributed by atoms with Crippen LogP contribution in [0.2, 0.25) is 0 Å². The maximum absolute atomic E-state index is 11.6. The molecule has 1 saturated heterocycles. The van der Waals surface area contributed by atoms with E-state index < -0.39 is 22.9 Å². The van der Waals surface area contributed by atoms with Crippen molar-refractivity contribution in [3.63, 3.8) is 0 Å². The van der Waals surface area contributed by atoms with Crippen molar-refractivity contribution in [1.82, 2.24) is 0 Å². The molecule has 1 aromatic rings. The van der Waals surface area contributed by atoms with Crippen LogP contribution in [0.25, 0.3) is 0 Å². The molecule has 19 heavy (non-hydrogen) atoms. The summed E-state index contributed by atoms with van der Waals surface area (Å²) in [5.41, 5.74) is -0.562. The van der Waals surface area contributed by atoms with Crippen molar-refractivity contribution in [2.45, 2.75) is 32.7 Å². The van der Waals surface area contributed by atoms with Gasteiger partial charge in [0.2, 0.25) is 0 Å². The first-order chi connectivity index (χ1) is 8.93. The molecule has 6 nitrogen and oxygen atoms in total. The van der Waals surface area contributed by atoms with E-state index in [1.165, 1.54) is 0 Å². The standard InChI is InChI=1S/C13H18N2O4/c1-7(2)8(13(18)19)14-9-10(12(17)11(9)16)15-5-3-4-6-15/h7-8,14H,3-6H2,1-2H3,(H,18,19)/t8-/m0/s1. The third-order valence-corrected chi connectivity index (χ3v) is 3.54. The van der Waals surface area contributed by atoms with Crippen molar-refractivity contribution >= 4 is 17.3 Å². The zero-order valence-electron chi connectivity index (χ0n) is 11.1. The monoisotopic (exact) mass is 266 g/mol. The van der Waals surface area contributed by atoms with Crippen molar-refractivity contribution in [3.8, 4) is 0 Å². The molecule has 2 N–H and O–H groups in total. The summed E-state index contributed by atoms with van der Waals surface area (Å²) >= 11 is 0. The summed E-state index contributed by atoms with van der Waals surface area (Å²) in [6.45, 7) is 5.01. The molecule has 0 unspecified atom stereocenters. The van der Waals surface area contributed by atoms with Gasteiger partial charge in [0.1, 0.15) is 17.4 Å². The fraction of sp³-hybridized carbons (Fsp3) is 0.615. The lowest BCUT2D eigenvalue weighted by molar-refractivity contribution is -0.138. The van der Waals surface area contributed by atoms with Crippen molar-refractivity contribution in [1.29, 1.82) is 0 Å². The Morgan fingerprint density at radius 3 is 2.26 bits per heavy atom. The summed E-state index contributed by atoms with van der Waals surface area (Å²) in [4.78, 5) is 36.3. The predicted molar refractivity (Wildman–Crippen MR) is 72.7 cm³/mol. The second kappa shape index (κ2) is 5.03. The molecule has 0 amide bonds. The van der Waals surface area contributed by atoms with Gasteiger partial charge in [0.25, 0.3) is 10.9 Å². The SMILES string of the molecule is CC(C)[C@H](Nc1c(N2CCCC2)c(=O)c1=O)C(=O)O. The largest absolute Gasteiger partial charge is 0.480 e. The highest BCUT2D eigenvalue weighted by atomic mass is 16.4. The van der Waals surface area contributed by atoms with Crippen molar-refractivity contribution in [2.75, 3.05) is 23.3 Å². The second-order valence-electron chi connectivity index (χ2n) is 5.28. The number of rotatable bonds is 5. The average molecular weight is 266 g/mol. The number of carboxylic acid groups (broad SMARTS) is 1. The molecule has 0 aliphatic carbocycles. The number of carboxylic acids is 1. The van der Waals surface area contributed by atoms with Crippen molar-refractivity contribution in [2.24, 2.45) is 5.92 Å². The lowest BCUT2D eigenvalue weighted by atomic mass is 10.0. The summed E-state index contributed by atoms with van der Waals surface area (Å²) in [5, 5.41) is 11.8. The molecule has 1 fully saturated rings. The summed E-state index contributed by atoms with van der Waals surface area (Å²) < 4.78 is 0. The van der Waals surface area contributed by atoms with Crippen LogP contribution in [-0.2, 0) is 4.79 Å². The van der Waals surface area contributed by atoms with E-state index in [1.54, 1.807) is 13.8 Å². The van der Waals surface area contributed by atoms with Crippen LogP contribution >= 0.6 is 0 Å². The number of anilines is 2. The molecule has 0 aromatic heterocycles. The molecular weight excluding hydrogens is 248 g/mol. The summed E-state index contributed by atoms with van der Waals surface area (Å²) in [6, 6.07) is -0.857. The van der Waals surface area contributed by atoms with Gasteiger partial charge >= 0.3 is 5.97 Å². The number of hydrogen-bond donors (Lipinski definition) is 2. The average Bonchev–Trinajstić information content (AvgIpc) is 2.85. The fourth-order valence-corrected chi connectivity index (χ4v) is 2.43. The fourth-order valence-electron chi connectivity index (χ4n) is 2.43. The van der Waals surface area contributed by atoms with Gasteiger partial charge in [-0.05, 0) is 18.8 Å². The van der Waals surface area contributed by atoms with Crippen LogP contribution in [0.15, 0.2) is 9.59 Å². The Morgan fingerprint density at radius 2 is 1.79 bits per heavy atom. The Labute approximate surface area is 110 Å². The van der Waals surface area contributed by atoms with Gasteiger partial charge < -0.3 is 15.3 Å². The minimum Gasteiger partial charge on any atom is -0.480 e. The summed E-state index contributed by atoms with van der Waals surface area (Å²) in [7, 11) is 0. The highest BCUT2D eigenvalue weighted by Gasteiger charge is 2.31. The van der Waals surface area contributed by atoms with E-state index in [9.17, 15) is 14.4 Å². The molecule has 1 heterocycles. The quantitative estimate of drug-likeness (QED) is 0.750. The lowest BCUT2D eigenvalue weighted by Crippen LogP contribution is -2.45. The van der Waals surface area contributed by atoms with E-state index in [0.29, 0.717) is 5.69 Å². The van der Waals surface area contributed by atoms with Gasteiger partial charge in [-0.3, -0.25) is 9.59 Å². The van der Waals surface area contributed by atoms with Crippen LogP contribution in [-0.4, -0.2) is 30.2 Å². The van der Waals surface area contributed by atoms with E-state index in [-0.39, 0.29) is 11.6 Å². The summed E-state index contributed by atoms with van der Waals surface area (Å²) in [5.74, 6) is -1.19. The van der Waals surface area contributed by atoms with Gasteiger partial charge in [-0.2, -0.15) is 0 Å². The molecule has 104 valence electrons. The molecule has 0 spiro atoms. The third kappa shape index (κ3) is 2.34. The number of hydrogen-bond acceptors (Lipinski definition) is 5. The van der Waals surface area contributed by atoms with Gasteiger partial charge in [0, 0.05) is 13.1 Å². The van der Waals surface area contributed by atoms with E-state index in [4.69, 9.17) is 5.11 Å². The predicted octanol–water partition coefficient (Wildman–Crippen LogP) is 0.404. The van der Waals surface area contributed by atoms with Gasteiger partial charge in [-0.15, -0.1) is 0 Å². The van der Waals surface area contributed by atoms with Crippen LogP contribution < -0.4 is 21.1 Å². The van der Waals surface area contributed by atoms with E-state index in [0.717, 1.165) is 25.9 Å². The Kier molecular flexibility index (Phi) is 3.59. The number of aliphatic carboxylic acids is 1. The minimum absolute atomic E-state index is 0.173. The molecule has 1 aliphatic heterocycles. The van der Waals surface area contributed by atoms with Gasteiger partial charge in [0.05, 0.1) is 0 Å². The van der Waals surface area contributed by atoms with Gasteiger partial charge in [-0.1, -0.05) is 13.8 Å². The minimum atomic E-state index is -1.02. The second-order valence-corrected chi connectivity index (χ2v) is 5.28. The Balaban J connectivity index is 2.25. The van der Waals surface area contributed by atoms with Crippen LogP contribution in [0, 0.1) is 5.92 Å². The van der Waals surface area contributed by atoms with Crippen molar-refractivity contribution < 1.29 is 9.90 Å². The zero-order valence-corrected chi connectivity index (χ0v) is 11.1. The molecule has 1 atom stereocenters. The normalized spacial score (nSPS) is 17.1. The molecule has 0 radical (unpaired) electrons. The maximum Gasteiger partial charge on any atom is 0.326 e. The zero-order chi connectivity index (χ0) is 14.2.